The fourth-order valence-corrected chi connectivity index (χ4v) is 4.73. The minimum absolute atomic E-state index is 0.0399. The van der Waals surface area contributed by atoms with E-state index in [-0.39, 0.29) is 24.3 Å². The van der Waals surface area contributed by atoms with E-state index in [1.165, 1.54) is 4.90 Å². The van der Waals surface area contributed by atoms with Crippen LogP contribution in [0.25, 0.3) is 11.4 Å². The Balaban J connectivity index is 0.974. The Kier molecular flexibility index (Phi) is 5.71. The summed E-state index contributed by atoms with van der Waals surface area (Å²) in [5, 5.41) is 4.06. The molecule has 2 fully saturated rings. The van der Waals surface area contributed by atoms with Crippen LogP contribution in [-0.4, -0.2) is 75.4 Å². The molecular formula is C26H26N6O4. The SMILES string of the molecule is O=C(CCCN1C(=O)c2ccccc2C1=O)N1CCN(c2ccc(-c3noc(C4CC4)n3)cn2)CC1. The molecule has 0 bridgehead atoms. The van der Waals surface area contributed by atoms with Crippen molar-refractivity contribution in [2.45, 2.75) is 31.6 Å². The molecule has 4 heterocycles. The third-order valence-corrected chi connectivity index (χ3v) is 6.98. The quantitative estimate of drug-likeness (QED) is 0.469. The van der Waals surface area contributed by atoms with E-state index in [2.05, 4.69) is 20.0 Å². The fraction of sp³-hybridized carbons (Fsp3) is 0.385. The molecule has 0 unspecified atom stereocenters. The lowest BCUT2D eigenvalue weighted by molar-refractivity contribution is -0.131. The zero-order valence-electron chi connectivity index (χ0n) is 19.8. The van der Waals surface area contributed by atoms with Gasteiger partial charge in [0, 0.05) is 56.8 Å². The van der Waals surface area contributed by atoms with Crippen LogP contribution in [0.5, 0.6) is 0 Å². The Hall–Kier alpha value is -4.08. The minimum Gasteiger partial charge on any atom is -0.353 e. The van der Waals surface area contributed by atoms with Crippen LogP contribution in [0, 0.1) is 0 Å². The number of pyridine rings is 1. The highest BCUT2D eigenvalue weighted by Gasteiger charge is 2.35. The van der Waals surface area contributed by atoms with Crippen molar-refractivity contribution >= 4 is 23.5 Å². The zero-order valence-corrected chi connectivity index (χ0v) is 19.8. The average Bonchev–Trinajstić information content (AvgIpc) is 3.61. The monoisotopic (exact) mass is 486 g/mol. The van der Waals surface area contributed by atoms with Crippen molar-refractivity contribution in [1.29, 1.82) is 0 Å². The molecule has 2 aromatic heterocycles. The summed E-state index contributed by atoms with van der Waals surface area (Å²) in [6, 6.07) is 10.7. The van der Waals surface area contributed by atoms with Gasteiger partial charge in [0.25, 0.3) is 11.8 Å². The van der Waals surface area contributed by atoms with Crippen LogP contribution < -0.4 is 4.90 Å². The molecule has 3 aromatic rings. The van der Waals surface area contributed by atoms with Crippen molar-refractivity contribution in [3.05, 3.63) is 59.6 Å². The summed E-state index contributed by atoms with van der Waals surface area (Å²) >= 11 is 0. The van der Waals surface area contributed by atoms with Gasteiger partial charge in [-0.15, -0.1) is 0 Å². The molecule has 184 valence electrons. The fourth-order valence-electron chi connectivity index (χ4n) is 4.73. The van der Waals surface area contributed by atoms with Crippen LogP contribution in [0.15, 0.2) is 47.1 Å². The number of imide groups is 1. The summed E-state index contributed by atoms with van der Waals surface area (Å²) < 4.78 is 5.33. The molecule has 0 radical (unpaired) electrons. The molecule has 1 aromatic carbocycles. The minimum atomic E-state index is -0.280. The molecule has 10 heteroatoms. The van der Waals surface area contributed by atoms with Crippen LogP contribution in [0.3, 0.4) is 0 Å². The molecule has 1 saturated heterocycles. The molecule has 0 N–H and O–H groups in total. The maximum Gasteiger partial charge on any atom is 0.261 e. The molecule has 2 aliphatic heterocycles. The number of amides is 3. The highest BCUT2D eigenvalue weighted by Crippen LogP contribution is 2.39. The van der Waals surface area contributed by atoms with Gasteiger partial charge in [0.15, 0.2) is 0 Å². The topological polar surface area (TPSA) is 113 Å². The van der Waals surface area contributed by atoms with E-state index in [1.54, 1.807) is 30.5 Å². The second-order valence-corrected chi connectivity index (χ2v) is 9.41. The highest BCUT2D eigenvalue weighted by atomic mass is 16.5. The first kappa shape index (κ1) is 22.4. The molecule has 10 nitrogen and oxygen atoms in total. The summed E-state index contributed by atoms with van der Waals surface area (Å²) in [7, 11) is 0. The average molecular weight is 487 g/mol. The van der Waals surface area contributed by atoms with Crippen molar-refractivity contribution in [3.63, 3.8) is 0 Å². The van der Waals surface area contributed by atoms with Gasteiger partial charge < -0.3 is 14.3 Å². The predicted octanol–water partition coefficient (Wildman–Crippen LogP) is 2.73. The number of hydrogen-bond donors (Lipinski definition) is 0. The summed E-state index contributed by atoms with van der Waals surface area (Å²) in [4.78, 5) is 52.0. The molecule has 1 aliphatic carbocycles. The van der Waals surface area contributed by atoms with Gasteiger partial charge in [0.1, 0.15) is 5.82 Å². The highest BCUT2D eigenvalue weighted by molar-refractivity contribution is 6.21. The Bertz CT molecular complexity index is 1270. The summed E-state index contributed by atoms with van der Waals surface area (Å²) in [5.41, 5.74) is 1.69. The van der Waals surface area contributed by atoms with Gasteiger partial charge in [-0.05, 0) is 43.5 Å². The second-order valence-electron chi connectivity index (χ2n) is 9.41. The lowest BCUT2D eigenvalue weighted by Gasteiger charge is -2.35. The lowest BCUT2D eigenvalue weighted by Crippen LogP contribution is -2.49. The van der Waals surface area contributed by atoms with E-state index < -0.39 is 0 Å². The lowest BCUT2D eigenvalue weighted by atomic mass is 10.1. The largest absolute Gasteiger partial charge is 0.353 e. The number of aromatic nitrogens is 3. The van der Waals surface area contributed by atoms with Crippen LogP contribution in [0.4, 0.5) is 5.82 Å². The molecule has 0 atom stereocenters. The van der Waals surface area contributed by atoms with E-state index in [4.69, 9.17) is 4.52 Å². The van der Waals surface area contributed by atoms with Gasteiger partial charge in [0.2, 0.25) is 17.6 Å². The van der Waals surface area contributed by atoms with Gasteiger partial charge in [-0.3, -0.25) is 19.3 Å². The van der Waals surface area contributed by atoms with Crippen LogP contribution in [-0.2, 0) is 4.79 Å². The van der Waals surface area contributed by atoms with Gasteiger partial charge in [-0.25, -0.2) is 4.98 Å². The van der Waals surface area contributed by atoms with Gasteiger partial charge in [-0.2, -0.15) is 4.98 Å². The van der Waals surface area contributed by atoms with Crippen molar-refractivity contribution in [2.24, 2.45) is 0 Å². The number of benzene rings is 1. The number of piperazine rings is 1. The summed E-state index contributed by atoms with van der Waals surface area (Å²) in [6.07, 6.45) is 4.73. The number of carbonyl (C=O) groups is 3. The first-order chi connectivity index (χ1) is 17.6. The van der Waals surface area contributed by atoms with Crippen molar-refractivity contribution in [2.75, 3.05) is 37.6 Å². The second kappa shape index (κ2) is 9.18. The predicted molar refractivity (Wildman–Crippen MR) is 129 cm³/mol. The molecule has 1 saturated carbocycles. The Morgan fingerprint density at radius 1 is 0.972 bits per heavy atom. The van der Waals surface area contributed by atoms with Gasteiger partial charge in [0.05, 0.1) is 11.1 Å². The number of fused-ring (bicyclic) bond motifs is 1. The van der Waals surface area contributed by atoms with Crippen LogP contribution in [0.2, 0.25) is 0 Å². The van der Waals surface area contributed by atoms with Gasteiger partial charge in [-0.1, -0.05) is 17.3 Å². The Labute approximate surface area is 207 Å². The molecular weight excluding hydrogens is 460 g/mol. The Morgan fingerprint density at radius 3 is 2.33 bits per heavy atom. The van der Waals surface area contributed by atoms with E-state index in [0.29, 0.717) is 67.8 Å². The van der Waals surface area contributed by atoms with Crippen molar-refractivity contribution in [1.82, 2.24) is 24.9 Å². The molecule has 0 spiro atoms. The van der Waals surface area contributed by atoms with Gasteiger partial charge >= 0.3 is 0 Å². The summed E-state index contributed by atoms with van der Waals surface area (Å²) in [5.74, 6) is 2.02. The molecule has 3 aliphatic rings. The van der Waals surface area contributed by atoms with Crippen molar-refractivity contribution < 1.29 is 18.9 Å². The first-order valence-electron chi connectivity index (χ1n) is 12.4. The summed E-state index contributed by atoms with van der Waals surface area (Å²) in [6.45, 7) is 2.82. The Morgan fingerprint density at radius 2 is 1.69 bits per heavy atom. The number of hydrogen-bond acceptors (Lipinski definition) is 8. The van der Waals surface area contributed by atoms with E-state index in [0.717, 1.165) is 24.2 Å². The molecule has 36 heavy (non-hydrogen) atoms. The first-order valence-corrected chi connectivity index (χ1v) is 12.4. The maximum atomic E-state index is 12.7. The standard InChI is InChI=1S/C26H26N6O4/c33-22(6-3-11-32-25(34)19-4-1-2-5-20(19)26(32)35)31-14-12-30(13-15-31)21-10-9-18(16-27-21)23-28-24(36-29-23)17-7-8-17/h1-2,4-5,9-10,16-17H,3,6-8,11-15H2. The number of nitrogens with zero attached hydrogens (tertiary/aromatic N) is 6. The molecule has 6 rings (SSSR count). The normalized spacial score (nSPS) is 17.6. The smallest absolute Gasteiger partial charge is 0.261 e. The third-order valence-electron chi connectivity index (χ3n) is 6.98. The van der Waals surface area contributed by atoms with E-state index >= 15 is 0 Å². The van der Waals surface area contributed by atoms with Crippen LogP contribution >= 0.6 is 0 Å². The number of rotatable bonds is 7. The van der Waals surface area contributed by atoms with E-state index in [1.807, 2.05) is 17.0 Å². The van der Waals surface area contributed by atoms with Crippen molar-refractivity contribution in [3.8, 4) is 11.4 Å². The molecule has 3 amide bonds. The number of anilines is 1. The van der Waals surface area contributed by atoms with E-state index in [9.17, 15) is 14.4 Å². The third kappa shape index (κ3) is 4.23. The van der Waals surface area contributed by atoms with Crippen LogP contribution in [0.1, 0.15) is 58.2 Å². The maximum absolute atomic E-state index is 12.7. The number of carbonyl (C=O) groups excluding carboxylic acids is 3. The zero-order chi connectivity index (χ0) is 24.6.